The van der Waals surface area contributed by atoms with Crippen molar-refractivity contribution >= 4 is 0 Å². The molecule has 0 amide bonds. The molecule has 17 heavy (non-hydrogen) atoms. The van der Waals surface area contributed by atoms with Crippen LogP contribution in [0.5, 0.6) is 5.75 Å². The van der Waals surface area contributed by atoms with Gasteiger partial charge in [-0.3, -0.25) is 0 Å². The molecule has 96 valence electrons. The summed E-state index contributed by atoms with van der Waals surface area (Å²) in [6, 6.07) is 7.28. The Bertz CT molecular complexity index is 357. The Morgan fingerprint density at radius 1 is 1.29 bits per heavy atom. The second-order valence-corrected chi connectivity index (χ2v) is 5.61. The molecule has 0 saturated heterocycles. The smallest absolute Gasteiger partial charge is 0.115 e. The maximum atomic E-state index is 9.92. The molecule has 0 saturated carbocycles. The minimum absolute atomic E-state index is 0.110. The molecule has 0 aliphatic heterocycles. The first-order valence-corrected chi connectivity index (χ1v) is 6.01. The second-order valence-electron chi connectivity index (χ2n) is 5.61. The normalized spacial score (nSPS) is 15.6. The topological polar surface area (TPSA) is 52.5 Å². The van der Waals surface area contributed by atoms with Gasteiger partial charge < -0.3 is 15.5 Å². The van der Waals surface area contributed by atoms with Gasteiger partial charge in [0.15, 0.2) is 0 Å². The highest BCUT2D eigenvalue weighted by Crippen LogP contribution is 2.21. The lowest BCUT2D eigenvalue weighted by atomic mass is 9.89. The third-order valence-corrected chi connectivity index (χ3v) is 2.99. The zero-order valence-corrected chi connectivity index (χ0v) is 11.1. The summed E-state index contributed by atoms with van der Waals surface area (Å²) in [5.74, 6) is 0.271. The van der Waals surface area contributed by atoms with E-state index in [-0.39, 0.29) is 23.3 Å². The fraction of sp³-hybridized carbons (Fsp3) is 0.571. The molecule has 0 heterocycles. The van der Waals surface area contributed by atoms with Crippen molar-refractivity contribution in [3.63, 3.8) is 0 Å². The molecule has 0 unspecified atom stereocenters. The maximum absolute atomic E-state index is 9.92. The van der Waals surface area contributed by atoms with Gasteiger partial charge in [0.2, 0.25) is 0 Å². The third-order valence-electron chi connectivity index (χ3n) is 2.99. The first-order valence-electron chi connectivity index (χ1n) is 6.01. The molecule has 3 N–H and O–H groups in total. The van der Waals surface area contributed by atoms with Gasteiger partial charge >= 0.3 is 0 Å². The fourth-order valence-corrected chi connectivity index (χ4v) is 1.51. The number of rotatable bonds is 4. The molecule has 0 aliphatic rings. The number of hydrogen-bond donors (Lipinski definition) is 3. The number of aliphatic hydroxyl groups is 1. The summed E-state index contributed by atoms with van der Waals surface area (Å²) in [6.45, 7) is 8.60. The molecule has 3 heteroatoms. The van der Waals surface area contributed by atoms with Crippen LogP contribution in [-0.2, 0) is 0 Å². The summed E-state index contributed by atoms with van der Waals surface area (Å²) in [4.78, 5) is 0. The van der Waals surface area contributed by atoms with Crippen molar-refractivity contribution in [2.75, 3.05) is 6.54 Å². The molecule has 1 rings (SSSR count). The van der Waals surface area contributed by atoms with Crippen molar-refractivity contribution in [1.29, 1.82) is 0 Å². The van der Waals surface area contributed by atoms with E-state index in [1.54, 1.807) is 12.1 Å². The summed E-state index contributed by atoms with van der Waals surface area (Å²) < 4.78 is 0. The Balaban J connectivity index is 2.53. The van der Waals surface area contributed by atoms with Crippen LogP contribution in [0.3, 0.4) is 0 Å². The summed E-state index contributed by atoms with van der Waals surface area (Å²) >= 11 is 0. The van der Waals surface area contributed by atoms with Gasteiger partial charge in [-0.15, -0.1) is 0 Å². The van der Waals surface area contributed by atoms with Gasteiger partial charge in [-0.05, 0) is 30.0 Å². The van der Waals surface area contributed by atoms with Crippen LogP contribution in [-0.4, -0.2) is 22.9 Å². The van der Waals surface area contributed by atoms with Crippen LogP contribution in [0.25, 0.3) is 0 Å². The predicted octanol–water partition coefficient (Wildman–Crippen LogP) is 2.45. The maximum Gasteiger partial charge on any atom is 0.115 e. The Morgan fingerprint density at radius 3 is 2.47 bits per heavy atom. The highest BCUT2D eigenvalue weighted by Gasteiger charge is 2.22. The molecule has 0 fully saturated rings. The number of benzene rings is 1. The number of aromatic hydroxyl groups is 1. The van der Waals surface area contributed by atoms with Crippen molar-refractivity contribution in [3.05, 3.63) is 29.8 Å². The van der Waals surface area contributed by atoms with Crippen LogP contribution in [0, 0.1) is 5.41 Å². The number of phenolic OH excluding ortho intramolecular Hbond substituents is 1. The second kappa shape index (κ2) is 5.52. The molecule has 1 aromatic carbocycles. The average molecular weight is 237 g/mol. The molecule has 2 atom stereocenters. The van der Waals surface area contributed by atoms with Crippen LogP contribution < -0.4 is 5.32 Å². The fourth-order valence-electron chi connectivity index (χ4n) is 1.51. The van der Waals surface area contributed by atoms with E-state index in [1.165, 1.54) is 0 Å². The van der Waals surface area contributed by atoms with Crippen LogP contribution >= 0.6 is 0 Å². The number of hydrogen-bond acceptors (Lipinski definition) is 3. The van der Waals surface area contributed by atoms with Gasteiger partial charge in [-0.1, -0.05) is 32.9 Å². The third kappa shape index (κ3) is 4.36. The minimum Gasteiger partial charge on any atom is -0.508 e. The zero-order valence-electron chi connectivity index (χ0n) is 11.1. The Labute approximate surface area is 103 Å². The monoisotopic (exact) mass is 237 g/mol. The van der Waals surface area contributed by atoms with Crippen molar-refractivity contribution in [1.82, 2.24) is 5.32 Å². The Hall–Kier alpha value is -1.06. The van der Waals surface area contributed by atoms with Crippen molar-refractivity contribution < 1.29 is 10.2 Å². The van der Waals surface area contributed by atoms with Gasteiger partial charge in [0.1, 0.15) is 5.75 Å². The first-order chi connectivity index (χ1) is 7.80. The number of nitrogens with one attached hydrogen (secondary N) is 1. The molecular formula is C14H23NO2. The molecule has 3 nitrogen and oxygen atoms in total. The van der Waals surface area contributed by atoms with Gasteiger partial charge in [-0.2, -0.15) is 0 Å². The van der Waals surface area contributed by atoms with Gasteiger partial charge in [0, 0.05) is 12.6 Å². The van der Waals surface area contributed by atoms with E-state index >= 15 is 0 Å². The number of phenols is 1. The lowest BCUT2D eigenvalue weighted by Crippen LogP contribution is -2.37. The zero-order chi connectivity index (χ0) is 13.1. The van der Waals surface area contributed by atoms with E-state index in [0.29, 0.717) is 6.54 Å². The van der Waals surface area contributed by atoms with E-state index < -0.39 is 0 Å². The molecule has 1 aromatic rings. The SMILES string of the molecule is C[C@H](NC[C@H](O)C(C)(C)C)c1cccc(O)c1. The van der Waals surface area contributed by atoms with Crippen molar-refractivity contribution in [3.8, 4) is 5.75 Å². The van der Waals surface area contributed by atoms with Crippen LogP contribution in [0.15, 0.2) is 24.3 Å². The summed E-state index contributed by atoms with van der Waals surface area (Å²) in [5.41, 5.74) is 0.900. The summed E-state index contributed by atoms with van der Waals surface area (Å²) in [7, 11) is 0. The highest BCUT2D eigenvalue weighted by molar-refractivity contribution is 5.28. The number of aliphatic hydroxyl groups excluding tert-OH is 1. The summed E-state index contributed by atoms with van der Waals surface area (Å²) in [5, 5.41) is 22.6. The predicted molar refractivity (Wildman–Crippen MR) is 70.0 cm³/mol. The molecule has 0 radical (unpaired) electrons. The van der Waals surface area contributed by atoms with Crippen molar-refractivity contribution in [2.45, 2.75) is 39.8 Å². The molecular weight excluding hydrogens is 214 g/mol. The lowest BCUT2D eigenvalue weighted by molar-refractivity contribution is 0.0609. The molecule has 0 spiro atoms. The van der Waals surface area contributed by atoms with Crippen LogP contribution in [0.1, 0.15) is 39.3 Å². The van der Waals surface area contributed by atoms with E-state index in [2.05, 4.69) is 5.32 Å². The molecule has 0 aromatic heterocycles. The lowest BCUT2D eigenvalue weighted by Gasteiger charge is -2.27. The van der Waals surface area contributed by atoms with Crippen LogP contribution in [0.2, 0.25) is 0 Å². The highest BCUT2D eigenvalue weighted by atomic mass is 16.3. The van der Waals surface area contributed by atoms with Gasteiger partial charge in [0.25, 0.3) is 0 Å². The average Bonchev–Trinajstić information content (AvgIpc) is 2.24. The standard InChI is InChI=1S/C14H23NO2/c1-10(11-6-5-7-12(16)8-11)15-9-13(17)14(2,3)4/h5-8,10,13,15-17H,9H2,1-4H3/t10-,13-/m0/s1. The molecule has 0 aliphatic carbocycles. The van der Waals surface area contributed by atoms with Crippen molar-refractivity contribution in [2.24, 2.45) is 5.41 Å². The van der Waals surface area contributed by atoms with Gasteiger partial charge in [0.05, 0.1) is 6.10 Å². The van der Waals surface area contributed by atoms with E-state index in [4.69, 9.17) is 0 Å². The largest absolute Gasteiger partial charge is 0.508 e. The minimum atomic E-state index is -0.387. The van der Waals surface area contributed by atoms with E-state index in [9.17, 15) is 10.2 Å². The van der Waals surface area contributed by atoms with Gasteiger partial charge in [-0.25, -0.2) is 0 Å². The quantitative estimate of drug-likeness (QED) is 0.754. The Morgan fingerprint density at radius 2 is 1.94 bits per heavy atom. The Kier molecular flexibility index (Phi) is 4.54. The first kappa shape index (κ1) is 14.0. The van der Waals surface area contributed by atoms with E-state index in [0.717, 1.165) is 5.56 Å². The molecule has 0 bridgehead atoms. The van der Waals surface area contributed by atoms with Crippen LogP contribution in [0.4, 0.5) is 0 Å². The summed E-state index contributed by atoms with van der Waals surface area (Å²) in [6.07, 6.45) is -0.387. The van der Waals surface area contributed by atoms with E-state index in [1.807, 2.05) is 39.8 Å².